The number of aromatic nitrogens is 2. The minimum Gasteiger partial charge on any atom is -0.337 e. The third-order valence-corrected chi connectivity index (χ3v) is 3.56. The van der Waals surface area contributed by atoms with Gasteiger partial charge < -0.3 is 9.42 Å². The average Bonchev–Trinajstić information content (AvgIpc) is 3.07. The van der Waals surface area contributed by atoms with Gasteiger partial charge in [-0.2, -0.15) is 4.98 Å². The Kier molecular flexibility index (Phi) is 2.96. The first kappa shape index (κ1) is 12.1. The molecule has 3 rings (SSSR count). The normalized spacial score (nSPS) is 22.5. The summed E-state index contributed by atoms with van der Waals surface area (Å²) in [5, 5.41) is 3.82. The summed E-state index contributed by atoms with van der Waals surface area (Å²) in [5.74, 6) is 0.807. The Hall–Kier alpha value is -1.92. The molecule has 0 saturated carbocycles. The molecule has 0 spiro atoms. The minimum absolute atomic E-state index is 0.0847. The zero-order valence-electron chi connectivity index (χ0n) is 10.8. The van der Waals surface area contributed by atoms with E-state index in [4.69, 9.17) is 4.52 Å². The number of hydrogen-bond acceptors (Lipinski definition) is 5. The van der Waals surface area contributed by atoms with Crippen LogP contribution in [0.2, 0.25) is 0 Å². The Morgan fingerprint density at radius 3 is 3.00 bits per heavy atom. The summed E-state index contributed by atoms with van der Waals surface area (Å²) in [6.45, 7) is 2.77. The second-order valence-corrected chi connectivity index (χ2v) is 4.91. The van der Waals surface area contributed by atoms with E-state index in [1.54, 1.807) is 4.90 Å². The van der Waals surface area contributed by atoms with E-state index in [-0.39, 0.29) is 24.5 Å². The number of aryl methyl sites for hydroxylation is 1. The fourth-order valence-corrected chi connectivity index (χ4v) is 2.64. The first-order valence-electron chi connectivity index (χ1n) is 6.64. The van der Waals surface area contributed by atoms with Gasteiger partial charge in [0.15, 0.2) is 5.82 Å². The van der Waals surface area contributed by atoms with E-state index in [9.17, 15) is 9.59 Å². The van der Waals surface area contributed by atoms with Crippen molar-refractivity contribution >= 4 is 11.9 Å². The van der Waals surface area contributed by atoms with E-state index in [2.05, 4.69) is 10.1 Å². The molecule has 3 amide bonds. The van der Waals surface area contributed by atoms with Crippen molar-refractivity contribution in [1.82, 2.24) is 19.9 Å². The Bertz CT molecular complexity index is 491. The largest absolute Gasteiger partial charge is 0.337 e. The van der Waals surface area contributed by atoms with Crippen molar-refractivity contribution in [3.8, 4) is 0 Å². The SMILES string of the molecule is CCCc1noc(CN2C(=O)[C@@H]3CCCN3C2=O)n1. The summed E-state index contributed by atoms with van der Waals surface area (Å²) >= 11 is 0. The van der Waals surface area contributed by atoms with Crippen molar-refractivity contribution in [2.45, 2.75) is 45.2 Å². The van der Waals surface area contributed by atoms with Gasteiger partial charge in [-0.05, 0) is 19.3 Å². The first-order chi connectivity index (χ1) is 9.20. The number of carbonyl (C=O) groups excluding carboxylic acids is 2. The zero-order valence-corrected chi connectivity index (χ0v) is 10.8. The highest BCUT2D eigenvalue weighted by molar-refractivity contribution is 6.04. The average molecular weight is 264 g/mol. The number of rotatable bonds is 4. The lowest BCUT2D eigenvalue weighted by Gasteiger charge is -2.13. The molecule has 0 aromatic carbocycles. The Balaban J connectivity index is 1.72. The maximum atomic E-state index is 12.1. The highest BCUT2D eigenvalue weighted by Gasteiger charge is 2.47. The molecule has 2 saturated heterocycles. The topological polar surface area (TPSA) is 79.5 Å². The van der Waals surface area contributed by atoms with E-state index in [1.807, 2.05) is 6.92 Å². The van der Waals surface area contributed by atoms with Crippen LogP contribution in [0.4, 0.5) is 4.79 Å². The summed E-state index contributed by atoms with van der Waals surface area (Å²) in [5.41, 5.74) is 0. The van der Waals surface area contributed by atoms with Gasteiger partial charge in [0, 0.05) is 13.0 Å². The van der Waals surface area contributed by atoms with Gasteiger partial charge in [-0.15, -0.1) is 0 Å². The molecule has 1 aromatic heterocycles. The predicted octanol–water partition coefficient (Wildman–Crippen LogP) is 0.949. The highest BCUT2D eigenvalue weighted by atomic mass is 16.5. The maximum absolute atomic E-state index is 12.1. The van der Waals surface area contributed by atoms with E-state index < -0.39 is 0 Å². The summed E-state index contributed by atoms with van der Waals surface area (Å²) in [4.78, 5) is 31.2. The molecule has 2 aliphatic rings. The van der Waals surface area contributed by atoms with Crippen LogP contribution in [0, 0.1) is 0 Å². The highest BCUT2D eigenvalue weighted by Crippen LogP contribution is 2.28. The van der Waals surface area contributed by atoms with E-state index in [1.165, 1.54) is 4.90 Å². The molecule has 3 heterocycles. The molecule has 7 heteroatoms. The number of hydrogen-bond donors (Lipinski definition) is 0. The molecule has 19 heavy (non-hydrogen) atoms. The number of carbonyl (C=O) groups is 2. The van der Waals surface area contributed by atoms with Crippen molar-refractivity contribution in [3.63, 3.8) is 0 Å². The second-order valence-electron chi connectivity index (χ2n) is 4.91. The lowest BCUT2D eigenvalue weighted by atomic mass is 10.2. The van der Waals surface area contributed by atoms with Gasteiger partial charge in [0.2, 0.25) is 5.89 Å². The van der Waals surface area contributed by atoms with Crippen LogP contribution in [0.5, 0.6) is 0 Å². The molecule has 2 aliphatic heterocycles. The standard InChI is InChI=1S/C12H16N4O3/c1-2-4-9-13-10(19-14-9)7-16-11(17)8-5-3-6-15(8)12(16)18/h8H,2-7H2,1H3/t8-/m0/s1. The van der Waals surface area contributed by atoms with Gasteiger partial charge in [0.1, 0.15) is 12.6 Å². The van der Waals surface area contributed by atoms with Gasteiger partial charge in [-0.25, -0.2) is 4.79 Å². The lowest BCUT2D eigenvalue weighted by Crippen LogP contribution is -2.32. The molecule has 0 bridgehead atoms. The maximum Gasteiger partial charge on any atom is 0.327 e. The smallest absolute Gasteiger partial charge is 0.327 e. The number of fused-ring (bicyclic) bond motifs is 1. The molecule has 102 valence electrons. The minimum atomic E-state index is -0.273. The molecule has 0 radical (unpaired) electrons. The summed E-state index contributed by atoms with van der Waals surface area (Å²) in [7, 11) is 0. The van der Waals surface area contributed by atoms with Gasteiger partial charge in [0.05, 0.1) is 0 Å². The predicted molar refractivity (Wildman–Crippen MR) is 64.0 cm³/mol. The van der Waals surface area contributed by atoms with Crippen molar-refractivity contribution < 1.29 is 14.1 Å². The van der Waals surface area contributed by atoms with Gasteiger partial charge >= 0.3 is 6.03 Å². The third-order valence-electron chi connectivity index (χ3n) is 3.56. The van der Waals surface area contributed by atoms with Gasteiger partial charge in [-0.3, -0.25) is 9.69 Å². The summed E-state index contributed by atoms with van der Waals surface area (Å²) in [6.07, 6.45) is 3.32. The first-order valence-corrected chi connectivity index (χ1v) is 6.64. The quantitative estimate of drug-likeness (QED) is 0.756. The van der Waals surface area contributed by atoms with Crippen molar-refractivity contribution in [2.75, 3.05) is 6.54 Å². The zero-order chi connectivity index (χ0) is 13.4. The number of urea groups is 1. The number of nitrogens with zero attached hydrogens (tertiary/aromatic N) is 4. The van der Waals surface area contributed by atoms with E-state index >= 15 is 0 Å². The molecule has 2 fully saturated rings. The Labute approximate surface area is 110 Å². The van der Waals surface area contributed by atoms with Crippen LogP contribution in [-0.2, 0) is 17.8 Å². The van der Waals surface area contributed by atoms with Gasteiger partial charge in [0.25, 0.3) is 5.91 Å². The van der Waals surface area contributed by atoms with Crippen LogP contribution < -0.4 is 0 Å². The van der Waals surface area contributed by atoms with Crippen LogP contribution in [0.3, 0.4) is 0 Å². The molecule has 1 atom stereocenters. The molecule has 0 unspecified atom stereocenters. The summed E-state index contributed by atoms with van der Waals surface area (Å²) < 4.78 is 5.07. The fourth-order valence-electron chi connectivity index (χ4n) is 2.64. The molecule has 0 aliphatic carbocycles. The number of imide groups is 1. The molecule has 7 nitrogen and oxygen atoms in total. The van der Waals surface area contributed by atoms with Crippen LogP contribution >= 0.6 is 0 Å². The Morgan fingerprint density at radius 2 is 2.26 bits per heavy atom. The van der Waals surface area contributed by atoms with Crippen molar-refractivity contribution in [2.24, 2.45) is 0 Å². The van der Waals surface area contributed by atoms with Crippen LogP contribution in [0.25, 0.3) is 0 Å². The van der Waals surface area contributed by atoms with Crippen LogP contribution in [-0.4, -0.2) is 44.5 Å². The second kappa shape index (κ2) is 4.64. The third kappa shape index (κ3) is 1.98. The van der Waals surface area contributed by atoms with Crippen molar-refractivity contribution in [3.05, 3.63) is 11.7 Å². The molecular weight excluding hydrogens is 248 g/mol. The Morgan fingerprint density at radius 1 is 1.42 bits per heavy atom. The molecule has 0 N–H and O–H groups in total. The van der Waals surface area contributed by atoms with Crippen molar-refractivity contribution in [1.29, 1.82) is 0 Å². The monoisotopic (exact) mass is 264 g/mol. The fraction of sp³-hybridized carbons (Fsp3) is 0.667. The van der Waals surface area contributed by atoms with E-state index in [0.717, 1.165) is 25.7 Å². The lowest BCUT2D eigenvalue weighted by molar-refractivity contribution is -0.128. The van der Waals surface area contributed by atoms with Crippen LogP contribution in [0.15, 0.2) is 4.52 Å². The summed E-state index contributed by atoms with van der Waals surface area (Å²) in [6, 6.07) is -0.506. The molecular formula is C12H16N4O3. The number of amides is 3. The van der Waals surface area contributed by atoms with E-state index in [0.29, 0.717) is 18.3 Å². The molecule has 1 aromatic rings. The van der Waals surface area contributed by atoms with Crippen LogP contribution in [0.1, 0.15) is 37.9 Å². The van der Waals surface area contributed by atoms with Gasteiger partial charge in [-0.1, -0.05) is 12.1 Å².